The molecule has 3 heterocycles. The highest BCUT2D eigenvalue weighted by Crippen LogP contribution is 2.16. The van der Waals surface area contributed by atoms with E-state index in [1.54, 1.807) is 6.20 Å². The molecule has 3 aromatic rings. The normalized spacial score (nSPS) is 16.3. The Morgan fingerprint density at radius 2 is 1.70 bits per heavy atom. The maximum Gasteiger partial charge on any atom is 0.241 e. The van der Waals surface area contributed by atoms with Crippen LogP contribution in [0.1, 0.15) is 17.9 Å². The van der Waals surface area contributed by atoms with E-state index in [2.05, 4.69) is 37.1 Å². The maximum absolute atomic E-state index is 5.97. The van der Waals surface area contributed by atoms with Crippen LogP contribution in [0.15, 0.2) is 53.2 Å². The predicted octanol–water partition coefficient (Wildman–Crippen LogP) is 3.49. The predicted molar refractivity (Wildman–Crippen MR) is 104 cm³/mol. The molecule has 6 nitrogen and oxygen atoms in total. The van der Waals surface area contributed by atoms with E-state index in [0.29, 0.717) is 18.3 Å². The van der Waals surface area contributed by atoms with Crippen molar-refractivity contribution in [2.45, 2.75) is 19.5 Å². The third-order valence-corrected chi connectivity index (χ3v) is 4.97. The number of benzene rings is 1. The summed E-state index contributed by atoms with van der Waals surface area (Å²) in [5.74, 6) is 1.19. The van der Waals surface area contributed by atoms with E-state index in [1.165, 1.54) is 5.56 Å². The average Bonchev–Trinajstić information content (AvgIpc) is 3.05. The molecular weight excluding hydrogens is 362 g/mol. The molecule has 0 atom stereocenters. The first-order chi connectivity index (χ1) is 13.3. The Bertz CT molecular complexity index is 852. The number of pyridine rings is 1. The highest BCUT2D eigenvalue weighted by molar-refractivity contribution is 6.30. The van der Waals surface area contributed by atoms with Gasteiger partial charge in [0.2, 0.25) is 11.7 Å². The molecule has 1 fully saturated rings. The largest absolute Gasteiger partial charge is 0.337 e. The zero-order valence-electron chi connectivity index (χ0n) is 15.1. The van der Waals surface area contributed by atoms with Gasteiger partial charge in [-0.2, -0.15) is 4.98 Å². The summed E-state index contributed by atoms with van der Waals surface area (Å²) in [5.41, 5.74) is 2.03. The van der Waals surface area contributed by atoms with Gasteiger partial charge in [-0.25, -0.2) is 0 Å². The van der Waals surface area contributed by atoms with Crippen LogP contribution in [0.5, 0.6) is 0 Å². The molecule has 0 unspecified atom stereocenters. The van der Waals surface area contributed by atoms with Gasteiger partial charge in [0.1, 0.15) is 5.69 Å². The minimum absolute atomic E-state index is 0.546. The van der Waals surface area contributed by atoms with Crippen molar-refractivity contribution in [3.8, 4) is 11.5 Å². The molecule has 0 saturated carbocycles. The average molecular weight is 384 g/mol. The first-order valence-electron chi connectivity index (χ1n) is 9.19. The van der Waals surface area contributed by atoms with Gasteiger partial charge in [0.05, 0.1) is 6.54 Å². The van der Waals surface area contributed by atoms with E-state index in [4.69, 9.17) is 16.1 Å². The smallest absolute Gasteiger partial charge is 0.241 e. The van der Waals surface area contributed by atoms with Gasteiger partial charge in [-0.3, -0.25) is 14.8 Å². The molecule has 27 heavy (non-hydrogen) atoms. The highest BCUT2D eigenvalue weighted by Gasteiger charge is 2.18. The van der Waals surface area contributed by atoms with Gasteiger partial charge in [0, 0.05) is 30.9 Å². The van der Waals surface area contributed by atoms with E-state index in [-0.39, 0.29) is 0 Å². The van der Waals surface area contributed by atoms with Gasteiger partial charge in [-0.05, 0) is 49.3 Å². The summed E-state index contributed by atoms with van der Waals surface area (Å²) in [6.45, 7) is 5.74. The number of nitrogens with zero attached hydrogens (tertiary/aromatic N) is 5. The van der Waals surface area contributed by atoms with Crippen molar-refractivity contribution < 1.29 is 4.52 Å². The van der Waals surface area contributed by atoms with Crippen molar-refractivity contribution in [3.63, 3.8) is 0 Å². The fourth-order valence-corrected chi connectivity index (χ4v) is 3.42. The SMILES string of the molecule is Clc1ccc(CN2CCCN(Cc3nc(-c4ccccn4)no3)CC2)cc1. The van der Waals surface area contributed by atoms with Gasteiger partial charge >= 0.3 is 0 Å². The van der Waals surface area contributed by atoms with Crippen molar-refractivity contribution in [1.82, 2.24) is 24.9 Å². The lowest BCUT2D eigenvalue weighted by molar-refractivity contribution is 0.222. The number of aromatic nitrogens is 3. The van der Waals surface area contributed by atoms with Crippen LogP contribution in [0.4, 0.5) is 0 Å². The van der Waals surface area contributed by atoms with E-state index in [0.717, 1.165) is 49.9 Å². The molecule has 1 aromatic carbocycles. The number of rotatable bonds is 5. The van der Waals surface area contributed by atoms with E-state index < -0.39 is 0 Å². The molecule has 0 aliphatic carbocycles. The molecule has 0 radical (unpaired) electrons. The zero-order chi connectivity index (χ0) is 18.5. The summed E-state index contributed by atoms with van der Waals surface area (Å²) in [5, 5.41) is 4.84. The van der Waals surface area contributed by atoms with E-state index in [9.17, 15) is 0 Å². The molecule has 1 aliphatic heterocycles. The number of hydrogen-bond acceptors (Lipinski definition) is 6. The standard InChI is InChI=1S/C20H22ClN5O/c21-17-7-5-16(6-8-17)14-25-10-3-11-26(13-12-25)15-19-23-20(24-27-19)18-4-1-2-9-22-18/h1-2,4-9H,3,10-15H2. The fraction of sp³-hybridized carbons (Fsp3) is 0.350. The Kier molecular flexibility index (Phi) is 5.77. The minimum Gasteiger partial charge on any atom is -0.337 e. The quantitative estimate of drug-likeness (QED) is 0.672. The summed E-state index contributed by atoms with van der Waals surface area (Å²) in [7, 11) is 0. The lowest BCUT2D eigenvalue weighted by atomic mass is 10.2. The summed E-state index contributed by atoms with van der Waals surface area (Å²) in [6.07, 6.45) is 2.85. The Labute approximate surface area is 163 Å². The third-order valence-electron chi connectivity index (χ3n) is 4.72. The van der Waals surface area contributed by atoms with Gasteiger partial charge in [0.15, 0.2) is 0 Å². The Morgan fingerprint density at radius 3 is 2.44 bits per heavy atom. The fourth-order valence-electron chi connectivity index (χ4n) is 3.30. The molecule has 4 rings (SSSR count). The van der Waals surface area contributed by atoms with Crippen LogP contribution in [0.2, 0.25) is 5.02 Å². The molecule has 2 aromatic heterocycles. The summed E-state index contributed by atoms with van der Waals surface area (Å²) in [6, 6.07) is 13.8. The molecule has 7 heteroatoms. The lowest BCUT2D eigenvalue weighted by Crippen LogP contribution is -2.30. The second kappa shape index (κ2) is 8.61. The van der Waals surface area contributed by atoms with Gasteiger partial charge < -0.3 is 4.52 Å². The van der Waals surface area contributed by atoms with Gasteiger partial charge in [-0.1, -0.05) is 35.0 Å². The molecule has 0 spiro atoms. The molecule has 0 N–H and O–H groups in total. The highest BCUT2D eigenvalue weighted by atomic mass is 35.5. The number of hydrogen-bond donors (Lipinski definition) is 0. The second-order valence-electron chi connectivity index (χ2n) is 6.76. The molecule has 0 bridgehead atoms. The van der Waals surface area contributed by atoms with E-state index in [1.807, 2.05) is 30.3 Å². The third kappa shape index (κ3) is 4.91. The summed E-state index contributed by atoms with van der Waals surface area (Å²) in [4.78, 5) is 13.6. The van der Waals surface area contributed by atoms with Crippen LogP contribution in [-0.2, 0) is 13.1 Å². The summed E-state index contributed by atoms with van der Waals surface area (Å²) >= 11 is 5.97. The minimum atomic E-state index is 0.546. The topological polar surface area (TPSA) is 58.3 Å². The molecule has 140 valence electrons. The van der Waals surface area contributed by atoms with Crippen molar-refractivity contribution in [2.24, 2.45) is 0 Å². The van der Waals surface area contributed by atoms with Crippen molar-refractivity contribution in [1.29, 1.82) is 0 Å². The molecular formula is C20H22ClN5O. The molecule has 1 aliphatic rings. The van der Waals surface area contributed by atoms with E-state index >= 15 is 0 Å². The van der Waals surface area contributed by atoms with Crippen LogP contribution >= 0.6 is 11.6 Å². The number of halogens is 1. The van der Waals surface area contributed by atoms with Crippen molar-refractivity contribution in [3.05, 3.63) is 65.1 Å². The van der Waals surface area contributed by atoms with Crippen LogP contribution in [0, 0.1) is 0 Å². The van der Waals surface area contributed by atoms with Crippen molar-refractivity contribution in [2.75, 3.05) is 26.2 Å². The lowest BCUT2D eigenvalue weighted by Gasteiger charge is -2.21. The van der Waals surface area contributed by atoms with Crippen LogP contribution in [0.3, 0.4) is 0 Å². The molecule has 0 amide bonds. The van der Waals surface area contributed by atoms with Crippen molar-refractivity contribution >= 4 is 11.6 Å². The molecule has 1 saturated heterocycles. The Balaban J connectivity index is 1.32. The van der Waals surface area contributed by atoms with Gasteiger partial charge in [0.25, 0.3) is 0 Å². The first kappa shape index (κ1) is 18.1. The second-order valence-corrected chi connectivity index (χ2v) is 7.20. The van der Waals surface area contributed by atoms with Gasteiger partial charge in [-0.15, -0.1) is 0 Å². The van der Waals surface area contributed by atoms with Crippen LogP contribution in [-0.4, -0.2) is 51.1 Å². The summed E-state index contributed by atoms with van der Waals surface area (Å²) < 4.78 is 5.43. The van der Waals surface area contributed by atoms with Crippen LogP contribution in [0.25, 0.3) is 11.5 Å². The maximum atomic E-state index is 5.97. The zero-order valence-corrected chi connectivity index (χ0v) is 15.8. The van der Waals surface area contributed by atoms with Crippen LogP contribution < -0.4 is 0 Å². The Morgan fingerprint density at radius 1 is 0.926 bits per heavy atom. The Hall–Kier alpha value is -2.28. The first-order valence-corrected chi connectivity index (χ1v) is 9.57. The monoisotopic (exact) mass is 383 g/mol.